The summed E-state index contributed by atoms with van der Waals surface area (Å²) in [4.78, 5) is 0. The number of anilines is 2. The number of hydrogen-bond donors (Lipinski definition) is 3. The molecule has 0 radical (unpaired) electrons. The molecule has 3 atom stereocenters. The number of unbranched alkanes of at least 4 members (excludes halogenated alkanes) is 1. The Kier molecular flexibility index (Phi) is 11.1. The highest BCUT2D eigenvalue weighted by molar-refractivity contribution is 5.54. The minimum atomic E-state index is -0.459. The van der Waals surface area contributed by atoms with Gasteiger partial charge in [0.05, 0.1) is 6.10 Å². The van der Waals surface area contributed by atoms with Crippen LogP contribution in [0.3, 0.4) is 0 Å². The molecule has 0 bridgehead atoms. The Hall–Kier alpha value is -1.48. The fourth-order valence-corrected chi connectivity index (χ4v) is 8.38. The molecule has 0 aliphatic heterocycles. The van der Waals surface area contributed by atoms with E-state index in [4.69, 9.17) is 11.5 Å². The van der Waals surface area contributed by atoms with Crippen LogP contribution in [0.15, 0.2) is 30.4 Å². The molecule has 0 saturated heterocycles. The minimum absolute atomic E-state index is 0.308. The van der Waals surface area contributed by atoms with Crippen LogP contribution in [-0.2, 0) is 0 Å². The fourth-order valence-electron chi connectivity index (χ4n) is 8.38. The van der Waals surface area contributed by atoms with E-state index in [2.05, 4.69) is 32.9 Å². The molecule has 214 valence electrons. The van der Waals surface area contributed by atoms with Crippen LogP contribution in [0.25, 0.3) is 0 Å². The van der Waals surface area contributed by atoms with Crippen LogP contribution in [0.1, 0.15) is 129 Å². The molecule has 3 aliphatic rings. The van der Waals surface area contributed by atoms with Crippen molar-refractivity contribution >= 4 is 11.4 Å². The first-order valence-electron chi connectivity index (χ1n) is 16.4. The zero-order valence-electron chi connectivity index (χ0n) is 24.8. The highest BCUT2D eigenvalue weighted by Gasteiger charge is 2.33. The Morgan fingerprint density at radius 2 is 1.29 bits per heavy atom. The topological polar surface area (TPSA) is 72.3 Å². The molecule has 3 fully saturated rings. The van der Waals surface area contributed by atoms with E-state index in [1.54, 1.807) is 6.07 Å². The molecule has 3 unspecified atom stereocenters. The lowest BCUT2D eigenvalue weighted by atomic mass is 9.66. The molecule has 3 nitrogen and oxygen atoms in total. The van der Waals surface area contributed by atoms with Crippen molar-refractivity contribution in [3.8, 4) is 0 Å². The number of hydrogen-bond acceptors (Lipinski definition) is 3. The van der Waals surface area contributed by atoms with Gasteiger partial charge in [0.2, 0.25) is 0 Å². The summed E-state index contributed by atoms with van der Waals surface area (Å²) in [6.07, 6.45) is 25.2. The van der Waals surface area contributed by atoms with Gasteiger partial charge in [-0.25, -0.2) is 0 Å². The van der Waals surface area contributed by atoms with Crippen LogP contribution in [0, 0.1) is 47.3 Å². The van der Waals surface area contributed by atoms with Gasteiger partial charge in [0, 0.05) is 11.4 Å². The Morgan fingerprint density at radius 1 is 0.763 bits per heavy atom. The van der Waals surface area contributed by atoms with Crippen LogP contribution in [0.2, 0.25) is 0 Å². The monoisotopic (exact) mass is 522 g/mol. The molecular formula is C35H58N2O. The van der Waals surface area contributed by atoms with Gasteiger partial charge in [0.15, 0.2) is 0 Å². The van der Waals surface area contributed by atoms with Crippen LogP contribution in [-0.4, -0.2) is 5.11 Å². The second-order valence-corrected chi connectivity index (χ2v) is 13.8. The van der Waals surface area contributed by atoms with Gasteiger partial charge in [-0.2, -0.15) is 0 Å². The molecule has 1 aromatic rings. The van der Waals surface area contributed by atoms with Crippen LogP contribution in [0.5, 0.6) is 0 Å². The molecular weight excluding hydrogens is 464 g/mol. The summed E-state index contributed by atoms with van der Waals surface area (Å²) >= 11 is 0. The first-order chi connectivity index (χ1) is 18.3. The lowest BCUT2D eigenvalue weighted by Crippen LogP contribution is -2.28. The summed E-state index contributed by atoms with van der Waals surface area (Å²) in [7, 11) is 0. The summed E-state index contributed by atoms with van der Waals surface area (Å²) in [6.45, 7) is 7.31. The summed E-state index contributed by atoms with van der Waals surface area (Å²) in [5, 5.41) is 10.9. The third kappa shape index (κ3) is 8.03. The normalized spacial score (nSPS) is 33.2. The lowest BCUT2D eigenvalue weighted by Gasteiger charge is -2.40. The van der Waals surface area contributed by atoms with E-state index in [0.717, 1.165) is 48.0 Å². The summed E-state index contributed by atoms with van der Waals surface area (Å²) in [5.74, 6) is 6.53. The Bertz CT molecular complexity index is 836. The van der Waals surface area contributed by atoms with E-state index in [9.17, 15) is 5.11 Å². The molecule has 3 saturated carbocycles. The minimum Gasteiger partial charge on any atom is -0.399 e. The molecule has 0 heterocycles. The lowest BCUT2D eigenvalue weighted by molar-refractivity contribution is 0.0783. The smallest absolute Gasteiger partial charge is 0.0819 e. The molecule has 0 amide bonds. The van der Waals surface area contributed by atoms with E-state index in [1.807, 2.05) is 12.1 Å². The molecule has 0 aromatic heterocycles. The van der Waals surface area contributed by atoms with Crippen molar-refractivity contribution < 1.29 is 5.11 Å². The van der Waals surface area contributed by atoms with Gasteiger partial charge in [0.25, 0.3) is 0 Å². The van der Waals surface area contributed by atoms with E-state index in [0.29, 0.717) is 29.1 Å². The summed E-state index contributed by atoms with van der Waals surface area (Å²) in [5.41, 5.74) is 14.1. The van der Waals surface area contributed by atoms with Crippen LogP contribution >= 0.6 is 0 Å². The summed E-state index contributed by atoms with van der Waals surface area (Å²) in [6, 6.07) is 5.51. The van der Waals surface area contributed by atoms with Gasteiger partial charge >= 0.3 is 0 Å². The van der Waals surface area contributed by atoms with Gasteiger partial charge in [-0.05, 0) is 148 Å². The predicted octanol–water partition coefficient (Wildman–Crippen LogP) is 9.32. The standard InChI is InChI=1S/C35H58N2O/c1-4-5-6-24(2)27-13-17-29(18-14-27)30-19-15-28(16-20-30)25(3)7-8-26-9-11-31(12-10-26)35(38)32-21-33(36)23-34(37)22-32/h7-8,21-31,35,38H,4-6,9-20,36-37H2,1-3H3/b8-7+. The third-order valence-corrected chi connectivity index (χ3v) is 11.2. The first kappa shape index (κ1) is 29.5. The van der Waals surface area contributed by atoms with Crippen LogP contribution < -0.4 is 11.5 Å². The SMILES string of the molecule is CCCCC(C)C1CCC(C2CCC(C(C)/C=C/C3CCC(C(O)c4cc(N)cc(N)c4)CC3)CC2)CC1. The van der Waals surface area contributed by atoms with Crippen molar-refractivity contribution in [3.63, 3.8) is 0 Å². The highest BCUT2D eigenvalue weighted by atomic mass is 16.3. The molecule has 4 rings (SSSR count). The maximum absolute atomic E-state index is 10.9. The molecule has 3 aliphatic carbocycles. The van der Waals surface area contributed by atoms with E-state index in [1.165, 1.54) is 83.5 Å². The second kappa shape index (κ2) is 14.2. The summed E-state index contributed by atoms with van der Waals surface area (Å²) < 4.78 is 0. The van der Waals surface area contributed by atoms with Gasteiger partial charge in [-0.15, -0.1) is 0 Å². The second-order valence-electron chi connectivity index (χ2n) is 13.8. The average Bonchev–Trinajstić information content (AvgIpc) is 2.94. The predicted molar refractivity (Wildman–Crippen MR) is 164 cm³/mol. The van der Waals surface area contributed by atoms with E-state index >= 15 is 0 Å². The number of nitrogen functional groups attached to an aromatic ring is 2. The number of nitrogens with two attached hydrogens (primary N) is 2. The quantitative estimate of drug-likeness (QED) is 0.212. The zero-order chi connectivity index (χ0) is 27.1. The molecule has 3 heteroatoms. The van der Waals surface area contributed by atoms with Crippen molar-refractivity contribution in [1.29, 1.82) is 0 Å². The highest BCUT2D eigenvalue weighted by Crippen LogP contribution is 2.45. The molecule has 0 spiro atoms. The average molecular weight is 523 g/mol. The van der Waals surface area contributed by atoms with Gasteiger partial charge in [-0.1, -0.05) is 52.2 Å². The van der Waals surface area contributed by atoms with Crippen molar-refractivity contribution in [1.82, 2.24) is 0 Å². The van der Waals surface area contributed by atoms with Crippen molar-refractivity contribution in [2.24, 2.45) is 47.3 Å². The zero-order valence-corrected chi connectivity index (χ0v) is 24.8. The van der Waals surface area contributed by atoms with Crippen molar-refractivity contribution in [2.45, 2.75) is 123 Å². The van der Waals surface area contributed by atoms with E-state index < -0.39 is 6.10 Å². The maximum atomic E-state index is 10.9. The van der Waals surface area contributed by atoms with Crippen LogP contribution in [0.4, 0.5) is 11.4 Å². The number of benzene rings is 1. The van der Waals surface area contributed by atoms with Gasteiger partial charge < -0.3 is 16.6 Å². The molecule has 5 N–H and O–H groups in total. The Balaban J connectivity index is 1.15. The first-order valence-corrected chi connectivity index (χ1v) is 16.4. The molecule has 38 heavy (non-hydrogen) atoms. The number of rotatable bonds is 10. The van der Waals surface area contributed by atoms with Gasteiger partial charge in [-0.3, -0.25) is 0 Å². The number of allylic oxidation sites excluding steroid dienone is 2. The Labute approximate surface area is 234 Å². The Morgan fingerprint density at radius 3 is 1.84 bits per heavy atom. The number of aliphatic hydroxyl groups is 1. The van der Waals surface area contributed by atoms with Crippen molar-refractivity contribution in [3.05, 3.63) is 35.9 Å². The fraction of sp³-hybridized carbons (Fsp3) is 0.771. The van der Waals surface area contributed by atoms with E-state index in [-0.39, 0.29) is 0 Å². The van der Waals surface area contributed by atoms with Crippen molar-refractivity contribution in [2.75, 3.05) is 11.5 Å². The molecule has 1 aromatic carbocycles. The largest absolute Gasteiger partial charge is 0.399 e. The number of aliphatic hydroxyl groups excluding tert-OH is 1. The third-order valence-electron chi connectivity index (χ3n) is 11.2. The van der Waals surface area contributed by atoms with Gasteiger partial charge in [0.1, 0.15) is 0 Å². The maximum Gasteiger partial charge on any atom is 0.0819 e.